The van der Waals surface area contributed by atoms with E-state index in [0.717, 1.165) is 54.9 Å². The normalized spacial score (nSPS) is 18.0. The predicted molar refractivity (Wildman–Crippen MR) is 178 cm³/mol. The van der Waals surface area contributed by atoms with Crippen molar-refractivity contribution < 1.29 is 27.4 Å². The standard InChI is InChI=1S/C33H43F3N6O3Si/c1-23-22-42(11-10-40(23)2)30-7-6-24(28-19-25(8-9-37-28)41-12-14-44-15-13-41)18-29(30)39-32(43)26-21-38-31(20-27(26)33(34,35)36)45-16-17-46(3,4)5/h6-9,18-21,23H,10-17,22H2,1-5H3,(H,39,43)/t23-/m0/s1. The van der Waals surface area contributed by atoms with E-state index >= 15 is 0 Å². The van der Waals surface area contributed by atoms with Gasteiger partial charge in [0.2, 0.25) is 5.88 Å². The molecule has 2 saturated heterocycles. The van der Waals surface area contributed by atoms with Gasteiger partial charge in [-0.05, 0) is 44.3 Å². The number of piperazine rings is 1. The van der Waals surface area contributed by atoms with Crippen LogP contribution in [-0.4, -0.2) is 94.5 Å². The molecular weight excluding hydrogens is 613 g/mol. The predicted octanol–water partition coefficient (Wildman–Crippen LogP) is 6.11. The van der Waals surface area contributed by atoms with Gasteiger partial charge in [-0.1, -0.05) is 25.7 Å². The Morgan fingerprint density at radius 1 is 1.04 bits per heavy atom. The second-order valence-corrected chi connectivity index (χ2v) is 18.8. The lowest BCUT2D eigenvalue weighted by atomic mass is 10.1. The van der Waals surface area contributed by atoms with Gasteiger partial charge >= 0.3 is 6.18 Å². The molecule has 9 nitrogen and oxygen atoms in total. The van der Waals surface area contributed by atoms with Crippen molar-refractivity contribution in [1.82, 2.24) is 14.9 Å². The fourth-order valence-corrected chi connectivity index (χ4v) is 6.23. The molecule has 0 aliphatic carbocycles. The summed E-state index contributed by atoms with van der Waals surface area (Å²) in [5, 5.41) is 2.81. The number of likely N-dealkylation sites (N-methyl/N-ethyl adjacent to an activating group) is 1. The SMILES string of the molecule is C[C@H]1CN(c2ccc(-c3cc(N4CCOCC4)ccn3)cc2NC(=O)c2cnc(OCC[Si](C)(C)C)cc2C(F)(F)F)CCN1C. The van der Waals surface area contributed by atoms with Crippen molar-refractivity contribution in [2.75, 3.05) is 74.7 Å². The average Bonchev–Trinajstić information content (AvgIpc) is 3.02. The third-order valence-electron chi connectivity index (χ3n) is 8.49. The smallest absolute Gasteiger partial charge is 0.417 e. The Bertz CT molecular complexity index is 1530. The molecule has 1 aromatic carbocycles. The molecule has 2 fully saturated rings. The number of amides is 1. The molecule has 0 radical (unpaired) electrons. The van der Waals surface area contributed by atoms with Crippen LogP contribution in [0.3, 0.4) is 0 Å². The zero-order chi connectivity index (χ0) is 33.1. The maximum absolute atomic E-state index is 14.3. The topological polar surface area (TPSA) is 83.1 Å². The van der Waals surface area contributed by atoms with Crippen LogP contribution in [0.4, 0.5) is 30.2 Å². The highest BCUT2D eigenvalue weighted by Gasteiger charge is 2.37. The Balaban J connectivity index is 1.47. The molecule has 0 saturated carbocycles. The van der Waals surface area contributed by atoms with Gasteiger partial charge in [0.1, 0.15) is 0 Å². The number of hydrogen-bond donors (Lipinski definition) is 1. The van der Waals surface area contributed by atoms with Crippen molar-refractivity contribution in [1.29, 1.82) is 0 Å². The molecule has 4 heterocycles. The van der Waals surface area contributed by atoms with Crippen molar-refractivity contribution in [3.63, 3.8) is 0 Å². The molecule has 2 aromatic heterocycles. The highest BCUT2D eigenvalue weighted by molar-refractivity contribution is 6.76. The van der Waals surface area contributed by atoms with Crippen LogP contribution < -0.4 is 19.9 Å². The third kappa shape index (κ3) is 8.36. The van der Waals surface area contributed by atoms with Gasteiger partial charge in [-0.3, -0.25) is 9.78 Å². The number of carbonyl (C=O) groups is 1. The van der Waals surface area contributed by atoms with E-state index < -0.39 is 31.3 Å². The first-order valence-electron chi connectivity index (χ1n) is 15.7. The van der Waals surface area contributed by atoms with Crippen molar-refractivity contribution in [3.05, 3.63) is 59.9 Å². The number of nitrogens with zero attached hydrogens (tertiary/aromatic N) is 5. The van der Waals surface area contributed by atoms with Crippen molar-refractivity contribution in [3.8, 4) is 17.1 Å². The van der Waals surface area contributed by atoms with Crippen LogP contribution in [0.5, 0.6) is 5.88 Å². The lowest BCUT2D eigenvalue weighted by molar-refractivity contribution is -0.138. The van der Waals surface area contributed by atoms with Gasteiger partial charge in [-0.25, -0.2) is 4.98 Å². The summed E-state index contributed by atoms with van der Waals surface area (Å²) in [6.07, 6.45) is -2.09. The van der Waals surface area contributed by atoms with E-state index in [2.05, 4.69) is 63.6 Å². The number of carbonyl (C=O) groups excluding carboxylic acids is 1. The van der Waals surface area contributed by atoms with Gasteiger partial charge in [0, 0.05) is 76.6 Å². The molecule has 5 rings (SSSR count). The number of ether oxygens (including phenoxy) is 2. The van der Waals surface area contributed by atoms with Crippen molar-refractivity contribution >= 4 is 31.0 Å². The number of nitrogens with one attached hydrogen (secondary N) is 1. The quantitative estimate of drug-likeness (QED) is 0.277. The maximum atomic E-state index is 14.3. The Hall–Kier alpha value is -3.68. The number of aromatic nitrogens is 2. The lowest BCUT2D eigenvalue weighted by Crippen LogP contribution is -2.50. The van der Waals surface area contributed by atoms with Gasteiger partial charge in [0.15, 0.2) is 0 Å². The summed E-state index contributed by atoms with van der Waals surface area (Å²) in [5.41, 5.74) is 1.90. The van der Waals surface area contributed by atoms with Crippen LogP contribution in [0.2, 0.25) is 25.7 Å². The molecule has 2 aliphatic rings. The summed E-state index contributed by atoms with van der Waals surface area (Å²) in [5.74, 6) is -1.05. The van der Waals surface area contributed by atoms with Crippen LogP contribution in [-0.2, 0) is 10.9 Å². The number of halogens is 3. The van der Waals surface area contributed by atoms with Crippen LogP contribution in [0.25, 0.3) is 11.3 Å². The minimum Gasteiger partial charge on any atom is -0.478 e. The summed E-state index contributed by atoms with van der Waals surface area (Å²) in [6, 6.07) is 11.4. The molecule has 248 valence electrons. The molecule has 0 unspecified atom stereocenters. The fourth-order valence-electron chi connectivity index (χ4n) is 5.52. The number of morpholine rings is 1. The van der Waals surface area contributed by atoms with Gasteiger partial charge in [-0.2, -0.15) is 13.2 Å². The van der Waals surface area contributed by atoms with Crippen LogP contribution >= 0.6 is 0 Å². The number of rotatable bonds is 9. The molecular formula is C33H43F3N6O3Si. The van der Waals surface area contributed by atoms with E-state index in [4.69, 9.17) is 9.47 Å². The van der Waals surface area contributed by atoms with Gasteiger partial charge in [0.05, 0.1) is 48.0 Å². The van der Waals surface area contributed by atoms with Crippen molar-refractivity contribution in [2.45, 2.75) is 44.8 Å². The summed E-state index contributed by atoms with van der Waals surface area (Å²) >= 11 is 0. The first-order valence-corrected chi connectivity index (χ1v) is 19.4. The van der Waals surface area contributed by atoms with Crippen molar-refractivity contribution in [2.24, 2.45) is 0 Å². The summed E-state index contributed by atoms with van der Waals surface area (Å²) in [7, 11) is 0.600. The highest BCUT2D eigenvalue weighted by atomic mass is 28.3. The summed E-state index contributed by atoms with van der Waals surface area (Å²) in [6.45, 7) is 13.9. The van der Waals surface area contributed by atoms with Crippen LogP contribution in [0.15, 0.2) is 48.8 Å². The molecule has 2 aliphatic heterocycles. The van der Waals surface area contributed by atoms with E-state index in [0.29, 0.717) is 37.7 Å². The van der Waals surface area contributed by atoms with E-state index in [1.54, 1.807) is 12.3 Å². The third-order valence-corrected chi connectivity index (χ3v) is 10.2. The molecule has 1 atom stereocenters. The number of anilines is 3. The maximum Gasteiger partial charge on any atom is 0.417 e. The fraction of sp³-hybridized carbons (Fsp3) is 0.485. The second-order valence-electron chi connectivity index (χ2n) is 13.2. The van der Waals surface area contributed by atoms with Crippen LogP contribution in [0.1, 0.15) is 22.8 Å². The molecule has 1 amide bonds. The Kier molecular flexibility index (Phi) is 10.2. The number of benzene rings is 1. The molecule has 1 N–H and O–H groups in total. The molecule has 0 bridgehead atoms. The molecule has 0 spiro atoms. The van der Waals surface area contributed by atoms with Gasteiger partial charge in [-0.15, -0.1) is 0 Å². The average molecular weight is 657 g/mol. The van der Waals surface area contributed by atoms with Crippen LogP contribution in [0, 0.1) is 0 Å². The van der Waals surface area contributed by atoms with Gasteiger partial charge in [0.25, 0.3) is 5.91 Å². The van der Waals surface area contributed by atoms with E-state index in [1.807, 2.05) is 24.3 Å². The summed E-state index contributed by atoms with van der Waals surface area (Å²) < 4.78 is 53.9. The minimum absolute atomic E-state index is 0.151. The minimum atomic E-state index is -4.78. The number of pyridine rings is 2. The molecule has 3 aromatic rings. The zero-order valence-corrected chi connectivity index (χ0v) is 28.2. The first-order chi connectivity index (χ1) is 21.8. The number of hydrogen-bond acceptors (Lipinski definition) is 8. The van der Waals surface area contributed by atoms with E-state index in [-0.39, 0.29) is 18.5 Å². The zero-order valence-electron chi connectivity index (χ0n) is 27.2. The Labute approximate surface area is 269 Å². The largest absolute Gasteiger partial charge is 0.478 e. The second kappa shape index (κ2) is 14.0. The number of alkyl halides is 3. The first kappa shape index (κ1) is 33.7. The Morgan fingerprint density at radius 3 is 2.50 bits per heavy atom. The van der Waals surface area contributed by atoms with E-state index in [1.165, 1.54) is 0 Å². The molecule has 46 heavy (non-hydrogen) atoms. The highest BCUT2D eigenvalue weighted by Crippen LogP contribution is 2.37. The monoisotopic (exact) mass is 656 g/mol. The molecule has 13 heteroatoms. The Morgan fingerprint density at radius 2 is 1.80 bits per heavy atom. The summed E-state index contributed by atoms with van der Waals surface area (Å²) in [4.78, 5) is 28.9. The van der Waals surface area contributed by atoms with Gasteiger partial charge < -0.3 is 29.5 Å². The lowest BCUT2D eigenvalue weighted by Gasteiger charge is -2.39. The van der Waals surface area contributed by atoms with E-state index in [9.17, 15) is 18.0 Å².